The van der Waals surface area contributed by atoms with Crippen LogP contribution in [0.4, 0.5) is 0 Å². The zero-order valence-electron chi connectivity index (χ0n) is 11.5. The summed E-state index contributed by atoms with van der Waals surface area (Å²) in [7, 11) is 1.99. The molecule has 1 heterocycles. The third-order valence-electron chi connectivity index (χ3n) is 3.71. The maximum atomic E-state index is 4.47. The molecule has 1 aromatic rings. The smallest absolute Gasteiger partial charge is 0.0627 e. The van der Waals surface area contributed by atoms with E-state index in [0.29, 0.717) is 0 Å². The topological polar surface area (TPSA) is 29.9 Å². The number of aromatic nitrogens is 2. The molecule has 0 bridgehead atoms. The lowest BCUT2D eigenvalue weighted by atomic mass is 9.71. The molecule has 17 heavy (non-hydrogen) atoms. The first-order chi connectivity index (χ1) is 7.94. The van der Waals surface area contributed by atoms with Gasteiger partial charge in [0.25, 0.3) is 0 Å². The molecule has 3 nitrogen and oxygen atoms in total. The number of rotatable bonds is 4. The lowest BCUT2D eigenvalue weighted by molar-refractivity contribution is 0.158. The van der Waals surface area contributed by atoms with Gasteiger partial charge in [-0.25, -0.2) is 0 Å². The Kier molecular flexibility index (Phi) is 3.57. The van der Waals surface area contributed by atoms with Crippen molar-refractivity contribution in [1.29, 1.82) is 0 Å². The fourth-order valence-corrected chi connectivity index (χ4v) is 2.45. The highest BCUT2D eigenvalue weighted by atomic mass is 15.2. The molecule has 0 amide bonds. The number of hydrogen-bond acceptors (Lipinski definition) is 2. The van der Waals surface area contributed by atoms with Gasteiger partial charge in [0, 0.05) is 18.8 Å². The van der Waals surface area contributed by atoms with Gasteiger partial charge < -0.3 is 5.32 Å². The summed E-state index contributed by atoms with van der Waals surface area (Å²) in [6.07, 6.45) is 5.93. The number of nitrogens with one attached hydrogen (secondary N) is 1. The third-order valence-corrected chi connectivity index (χ3v) is 3.71. The van der Waals surface area contributed by atoms with Gasteiger partial charge in [-0.05, 0) is 64.5 Å². The fraction of sp³-hybridized carbons (Fsp3) is 0.786. The van der Waals surface area contributed by atoms with E-state index in [-0.39, 0.29) is 5.54 Å². The second-order valence-corrected chi connectivity index (χ2v) is 6.41. The second-order valence-electron chi connectivity index (χ2n) is 6.41. The Balaban J connectivity index is 1.79. The first kappa shape index (κ1) is 12.6. The molecule has 2 rings (SSSR count). The zero-order chi connectivity index (χ0) is 12.5. The van der Waals surface area contributed by atoms with E-state index in [4.69, 9.17) is 0 Å². The molecule has 2 unspecified atom stereocenters. The molecule has 96 valence electrons. The van der Waals surface area contributed by atoms with Crippen LogP contribution in [-0.2, 0) is 13.5 Å². The normalized spacial score (nSPS) is 24.7. The lowest BCUT2D eigenvalue weighted by Gasteiger charge is -2.38. The molecular formula is C14H25N3. The molecular weight excluding hydrogens is 210 g/mol. The molecule has 1 saturated carbocycles. The van der Waals surface area contributed by atoms with Crippen LogP contribution in [0.2, 0.25) is 0 Å². The minimum Gasteiger partial charge on any atom is -0.312 e. The van der Waals surface area contributed by atoms with E-state index in [1.807, 2.05) is 17.9 Å². The fourth-order valence-electron chi connectivity index (χ4n) is 2.45. The molecule has 3 heteroatoms. The van der Waals surface area contributed by atoms with Gasteiger partial charge in [-0.15, -0.1) is 0 Å². The standard InChI is InChI=1S/C14H25N3/c1-14(2,3)15-10-12-6-5-11(12)9-13-7-8-17(4)16-13/h7-8,11-12,15H,5-6,9-10H2,1-4H3. The second kappa shape index (κ2) is 4.81. The molecule has 0 saturated heterocycles. The molecule has 1 aromatic heterocycles. The molecule has 0 radical (unpaired) electrons. The maximum Gasteiger partial charge on any atom is 0.0627 e. The highest BCUT2D eigenvalue weighted by molar-refractivity contribution is 5.02. The van der Waals surface area contributed by atoms with Gasteiger partial charge in [0.2, 0.25) is 0 Å². The monoisotopic (exact) mass is 235 g/mol. The van der Waals surface area contributed by atoms with Crippen molar-refractivity contribution in [2.24, 2.45) is 18.9 Å². The van der Waals surface area contributed by atoms with E-state index in [9.17, 15) is 0 Å². The van der Waals surface area contributed by atoms with Gasteiger partial charge >= 0.3 is 0 Å². The first-order valence-corrected chi connectivity index (χ1v) is 6.67. The number of nitrogens with zero attached hydrogens (tertiary/aromatic N) is 2. The molecule has 1 N–H and O–H groups in total. The van der Waals surface area contributed by atoms with E-state index in [1.54, 1.807) is 0 Å². The van der Waals surface area contributed by atoms with E-state index in [0.717, 1.165) is 24.8 Å². The molecule has 1 fully saturated rings. The van der Waals surface area contributed by atoms with Crippen molar-refractivity contribution in [2.45, 2.75) is 45.6 Å². The Labute approximate surface area is 105 Å². The Bertz CT molecular complexity index is 362. The molecule has 0 aliphatic heterocycles. The number of hydrogen-bond donors (Lipinski definition) is 1. The predicted molar refractivity (Wildman–Crippen MR) is 70.9 cm³/mol. The van der Waals surface area contributed by atoms with Crippen LogP contribution in [0.25, 0.3) is 0 Å². The van der Waals surface area contributed by atoms with Gasteiger partial charge in [0.15, 0.2) is 0 Å². The predicted octanol–water partition coefficient (Wildman–Crippen LogP) is 2.38. The lowest BCUT2D eigenvalue weighted by Crippen LogP contribution is -2.44. The summed E-state index contributed by atoms with van der Waals surface area (Å²) in [4.78, 5) is 0. The van der Waals surface area contributed by atoms with E-state index < -0.39 is 0 Å². The van der Waals surface area contributed by atoms with Gasteiger partial charge in [-0.2, -0.15) is 5.10 Å². The van der Waals surface area contributed by atoms with Crippen LogP contribution in [-0.4, -0.2) is 21.9 Å². The minimum atomic E-state index is 0.241. The SMILES string of the molecule is Cn1ccc(CC2CCC2CNC(C)(C)C)n1. The largest absolute Gasteiger partial charge is 0.312 e. The Hall–Kier alpha value is -0.830. The quantitative estimate of drug-likeness (QED) is 0.868. The van der Waals surface area contributed by atoms with Gasteiger partial charge in [0.1, 0.15) is 0 Å². The average Bonchev–Trinajstić information content (AvgIpc) is 2.57. The van der Waals surface area contributed by atoms with Crippen molar-refractivity contribution >= 4 is 0 Å². The summed E-state index contributed by atoms with van der Waals surface area (Å²) in [5.74, 6) is 1.68. The van der Waals surface area contributed by atoms with Crippen LogP contribution in [0.5, 0.6) is 0 Å². The molecule has 1 aliphatic rings. The van der Waals surface area contributed by atoms with Crippen molar-refractivity contribution in [3.63, 3.8) is 0 Å². The van der Waals surface area contributed by atoms with E-state index in [1.165, 1.54) is 18.5 Å². The summed E-state index contributed by atoms with van der Waals surface area (Å²) in [6, 6.07) is 2.15. The first-order valence-electron chi connectivity index (χ1n) is 6.67. The van der Waals surface area contributed by atoms with Crippen molar-refractivity contribution < 1.29 is 0 Å². The van der Waals surface area contributed by atoms with Gasteiger partial charge in [-0.1, -0.05) is 0 Å². The molecule has 0 aromatic carbocycles. The van der Waals surface area contributed by atoms with Gasteiger partial charge in [0.05, 0.1) is 5.69 Å². The van der Waals surface area contributed by atoms with Crippen molar-refractivity contribution in [1.82, 2.24) is 15.1 Å². The van der Waals surface area contributed by atoms with Crippen LogP contribution in [0.3, 0.4) is 0 Å². The Morgan fingerprint density at radius 3 is 2.53 bits per heavy atom. The van der Waals surface area contributed by atoms with Crippen molar-refractivity contribution in [3.8, 4) is 0 Å². The summed E-state index contributed by atoms with van der Waals surface area (Å²) in [5, 5.41) is 8.09. The average molecular weight is 235 g/mol. The Morgan fingerprint density at radius 2 is 2.06 bits per heavy atom. The van der Waals surface area contributed by atoms with Crippen LogP contribution < -0.4 is 5.32 Å². The van der Waals surface area contributed by atoms with E-state index >= 15 is 0 Å². The Morgan fingerprint density at radius 1 is 1.35 bits per heavy atom. The number of aryl methyl sites for hydroxylation is 1. The van der Waals surface area contributed by atoms with Crippen LogP contribution >= 0.6 is 0 Å². The van der Waals surface area contributed by atoms with Crippen LogP contribution in [0.15, 0.2) is 12.3 Å². The zero-order valence-corrected chi connectivity index (χ0v) is 11.5. The molecule has 0 spiro atoms. The van der Waals surface area contributed by atoms with Crippen LogP contribution in [0, 0.1) is 11.8 Å². The van der Waals surface area contributed by atoms with E-state index in [2.05, 4.69) is 37.3 Å². The summed E-state index contributed by atoms with van der Waals surface area (Å²) in [6.45, 7) is 7.86. The maximum absolute atomic E-state index is 4.47. The van der Waals surface area contributed by atoms with Crippen molar-refractivity contribution in [3.05, 3.63) is 18.0 Å². The van der Waals surface area contributed by atoms with Crippen molar-refractivity contribution in [2.75, 3.05) is 6.54 Å². The summed E-state index contributed by atoms with van der Waals surface area (Å²) in [5.41, 5.74) is 1.49. The molecule has 1 aliphatic carbocycles. The minimum absolute atomic E-state index is 0.241. The highest BCUT2D eigenvalue weighted by Crippen LogP contribution is 2.36. The molecule has 2 atom stereocenters. The van der Waals surface area contributed by atoms with Crippen LogP contribution in [0.1, 0.15) is 39.3 Å². The van der Waals surface area contributed by atoms with Gasteiger partial charge in [-0.3, -0.25) is 4.68 Å². The third kappa shape index (κ3) is 3.56. The summed E-state index contributed by atoms with van der Waals surface area (Å²) >= 11 is 0. The highest BCUT2D eigenvalue weighted by Gasteiger charge is 2.31. The summed E-state index contributed by atoms with van der Waals surface area (Å²) < 4.78 is 1.90.